The second-order valence-corrected chi connectivity index (χ2v) is 5.43. The average Bonchev–Trinajstić information content (AvgIpc) is 2.79. The van der Waals surface area contributed by atoms with Gasteiger partial charge in [-0.15, -0.1) is 0 Å². The summed E-state index contributed by atoms with van der Waals surface area (Å²) in [6, 6.07) is 1.49. The van der Waals surface area contributed by atoms with Crippen molar-refractivity contribution < 1.29 is 0 Å². The molecule has 0 heterocycles. The molecular formula is C14H30N2. The number of nitrogens with zero attached hydrogens (tertiary/aromatic N) is 1. The number of hydrogen-bond acceptors (Lipinski definition) is 2. The maximum atomic E-state index is 3.71. The van der Waals surface area contributed by atoms with E-state index in [0.29, 0.717) is 6.04 Å². The normalized spacial score (nSPS) is 19.5. The van der Waals surface area contributed by atoms with E-state index in [-0.39, 0.29) is 0 Å². The first-order chi connectivity index (χ1) is 7.74. The molecule has 1 N–H and O–H groups in total. The van der Waals surface area contributed by atoms with Crippen molar-refractivity contribution in [2.45, 2.75) is 70.9 Å². The molecule has 0 radical (unpaired) electrons. The highest BCUT2D eigenvalue weighted by molar-refractivity contribution is 4.76. The third-order valence-electron chi connectivity index (χ3n) is 3.92. The van der Waals surface area contributed by atoms with Gasteiger partial charge < -0.3 is 10.2 Å². The zero-order valence-electron chi connectivity index (χ0n) is 11.5. The van der Waals surface area contributed by atoms with E-state index < -0.39 is 0 Å². The first-order valence-electron chi connectivity index (χ1n) is 7.17. The van der Waals surface area contributed by atoms with Crippen LogP contribution >= 0.6 is 0 Å². The lowest BCUT2D eigenvalue weighted by Gasteiger charge is -2.26. The molecule has 1 aliphatic carbocycles. The molecule has 1 unspecified atom stereocenters. The number of unbranched alkanes of at least 4 members (excludes halogenated alkanes) is 2. The standard InChI is InChI=1S/C14H30N2/c1-4-5-8-11-16(3)13(2)12-15-14-9-6-7-10-14/h13-15H,4-12H2,1-3H3. The van der Waals surface area contributed by atoms with Crippen molar-refractivity contribution in [3.63, 3.8) is 0 Å². The van der Waals surface area contributed by atoms with E-state index in [2.05, 4.69) is 31.1 Å². The quantitative estimate of drug-likeness (QED) is 0.640. The van der Waals surface area contributed by atoms with Crippen molar-refractivity contribution in [1.82, 2.24) is 10.2 Å². The molecule has 0 aromatic rings. The van der Waals surface area contributed by atoms with Gasteiger partial charge in [-0.1, -0.05) is 32.6 Å². The minimum Gasteiger partial charge on any atom is -0.312 e. The molecule has 1 rings (SSSR count). The predicted octanol–water partition coefficient (Wildman–Crippen LogP) is 3.03. The second-order valence-electron chi connectivity index (χ2n) is 5.43. The van der Waals surface area contributed by atoms with Gasteiger partial charge in [-0.2, -0.15) is 0 Å². The summed E-state index contributed by atoms with van der Waals surface area (Å²) in [5, 5.41) is 3.71. The molecule has 0 amide bonds. The Morgan fingerprint density at radius 2 is 1.94 bits per heavy atom. The van der Waals surface area contributed by atoms with Gasteiger partial charge in [0.2, 0.25) is 0 Å². The molecule has 0 saturated heterocycles. The van der Waals surface area contributed by atoms with Crippen LogP contribution in [0.2, 0.25) is 0 Å². The molecule has 96 valence electrons. The Bertz CT molecular complexity index is 164. The van der Waals surface area contributed by atoms with Gasteiger partial charge in [-0.3, -0.25) is 0 Å². The number of rotatable bonds is 8. The highest BCUT2D eigenvalue weighted by Gasteiger charge is 2.16. The highest BCUT2D eigenvalue weighted by atomic mass is 15.1. The number of hydrogen-bond donors (Lipinski definition) is 1. The molecule has 0 aromatic carbocycles. The molecule has 1 fully saturated rings. The molecule has 1 atom stereocenters. The van der Waals surface area contributed by atoms with Crippen molar-refractivity contribution in [1.29, 1.82) is 0 Å². The molecule has 16 heavy (non-hydrogen) atoms. The smallest absolute Gasteiger partial charge is 0.0189 e. The van der Waals surface area contributed by atoms with Gasteiger partial charge in [0.1, 0.15) is 0 Å². The van der Waals surface area contributed by atoms with Crippen molar-refractivity contribution in [3.8, 4) is 0 Å². The Hall–Kier alpha value is -0.0800. The van der Waals surface area contributed by atoms with Gasteiger partial charge in [0, 0.05) is 18.6 Å². The summed E-state index contributed by atoms with van der Waals surface area (Å²) in [6.45, 7) is 7.02. The molecule has 0 aromatic heterocycles. The lowest BCUT2D eigenvalue weighted by atomic mass is 10.2. The van der Waals surface area contributed by atoms with Gasteiger partial charge in [-0.25, -0.2) is 0 Å². The van der Waals surface area contributed by atoms with Crippen LogP contribution in [0.25, 0.3) is 0 Å². The van der Waals surface area contributed by atoms with E-state index in [0.717, 1.165) is 12.6 Å². The first kappa shape index (κ1) is 14.0. The summed E-state index contributed by atoms with van der Waals surface area (Å²) in [4.78, 5) is 2.50. The summed E-state index contributed by atoms with van der Waals surface area (Å²) < 4.78 is 0. The van der Waals surface area contributed by atoms with E-state index in [4.69, 9.17) is 0 Å². The Morgan fingerprint density at radius 1 is 1.25 bits per heavy atom. The zero-order chi connectivity index (χ0) is 11.8. The Balaban J connectivity index is 2.05. The molecular weight excluding hydrogens is 196 g/mol. The van der Waals surface area contributed by atoms with Crippen LogP contribution in [-0.2, 0) is 0 Å². The molecule has 2 nitrogen and oxygen atoms in total. The number of likely N-dealkylation sites (N-methyl/N-ethyl adjacent to an activating group) is 1. The Labute approximate surface area is 102 Å². The largest absolute Gasteiger partial charge is 0.312 e. The minimum absolute atomic E-state index is 0.678. The predicted molar refractivity (Wildman–Crippen MR) is 71.9 cm³/mol. The van der Waals surface area contributed by atoms with E-state index in [1.165, 1.54) is 51.5 Å². The summed E-state index contributed by atoms with van der Waals surface area (Å²) >= 11 is 0. The van der Waals surface area contributed by atoms with E-state index in [1.807, 2.05) is 0 Å². The van der Waals surface area contributed by atoms with Crippen LogP contribution in [0.1, 0.15) is 58.8 Å². The van der Waals surface area contributed by atoms with E-state index >= 15 is 0 Å². The summed E-state index contributed by atoms with van der Waals surface area (Å²) in [7, 11) is 2.26. The van der Waals surface area contributed by atoms with Gasteiger partial charge >= 0.3 is 0 Å². The fraction of sp³-hybridized carbons (Fsp3) is 1.00. The fourth-order valence-corrected chi connectivity index (χ4v) is 2.45. The van der Waals surface area contributed by atoms with Gasteiger partial charge in [0.25, 0.3) is 0 Å². The molecule has 2 heteroatoms. The molecule has 0 aliphatic heterocycles. The summed E-state index contributed by atoms with van der Waals surface area (Å²) in [5.74, 6) is 0. The van der Waals surface area contributed by atoms with Crippen LogP contribution in [0.5, 0.6) is 0 Å². The van der Waals surface area contributed by atoms with E-state index in [1.54, 1.807) is 0 Å². The Kier molecular flexibility index (Phi) is 7.06. The molecule has 0 spiro atoms. The van der Waals surface area contributed by atoms with Gasteiger partial charge in [0.05, 0.1) is 0 Å². The maximum Gasteiger partial charge on any atom is 0.0189 e. The van der Waals surface area contributed by atoms with Crippen molar-refractivity contribution in [2.24, 2.45) is 0 Å². The van der Waals surface area contributed by atoms with Crippen LogP contribution in [0.4, 0.5) is 0 Å². The first-order valence-corrected chi connectivity index (χ1v) is 7.17. The lowest BCUT2D eigenvalue weighted by molar-refractivity contribution is 0.240. The maximum absolute atomic E-state index is 3.71. The Morgan fingerprint density at radius 3 is 2.56 bits per heavy atom. The summed E-state index contributed by atoms with van der Waals surface area (Å²) in [6.07, 6.45) is 9.69. The third-order valence-corrected chi connectivity index (χ3v) is 3.92. The second kappa shape index (κ2) is 8.08. The molecule has 1 saturated carbocycles. The van der Waals surface area contributed by atoms with Crippen molar-refractivity contribution >= 4 is 0 Å². The minimum atomic E-state index is 0.678. The molecule has 0 bridgehead atoms. The number of nitrogens with one attached hydrogen (secondary N) is 1. The molecule has 1 aliphatic rings. The van der Waals surface area contributed by atoms with Crippen LogP contribution in [0, 0.1) is 0 Å². The van der Waals surface area contributed by atoms with Crippen LogP contribution < -0.4 is 5.32 Å². The highest BCUT2D eigenvalue weighted by Crippen LogP contribution is 2.17. The third kappa shape index (κ3) is 5.31. The SMILES string of the molecule is CCCCCN(C)C(C)CNC1CCCC1. The topological polar surface area (TPSA) is 15.3 Å². The average molecular weight is 226 g/mol. The lowest BCUT2D eigenvalue weighted by Crippen LogP contribution is -2.41. The van der Waals surface area contributed by atoms with Crippen LogP contribution in [0.15, 0.2) is 0 Å². The van der Waals surface area contributed by atoms with Crippen LogP contribution in [0.3, 0.4) is 0 Å². The van der Waals surface area contributed by atoms with Crippen LogP contribution in [-0.4, -0.2) is 37.1 Å². The van der Waals surface area contributed by atoms with E-state index in [9.17, 15) is 0 Å². The monoisotopic (exact) mass is 226 g/mol. The fourth-order valence-electron chi connectivity index (χ4n) is 2.45. The zero-order valence-corrected chi connectivity index (χ0v) is 11.5. The van der Waals surface area contributed by atoms with Crippen molar-refractivity contribution in [2.75, 3.05) is 20.1 Å². The van der Waals surface area contributed by atoms with Gasteiger partial charge in [0.15, 0.2) is 0 Å². The van der Waals surface area contributed by atoms with Gasteiger partial charge in [-0.05, 0) is 39.8 Å². The van der Waals surface area contributed by atoms with Crippen molar-refractivity contribution in [3.05, 3.63) is 0 Å². The summed E-state index contributed by atoms with van der Waals surface area (Å²) in [5.41, 5.74) is 0.